The van der Waals surface area contributed by atoms with E-state index in [2.05, 4.69) is 20.5 Å². The Balaban J connectivity index is 1.21. The number of hydrogen-bond donors (Lipinski definition) is 0. The molecule has 0 fully saturated rings. The molecule has 0 bridgehead atoms. The van der Waals surface area contributed by atoms with Gasteiger partial charge in [-0.2, -0.15) is 10.2 Å². The molecule has 0 aliphatic carbocycles. The third-order valence-electron chi connectivity index (χ3n) is 8.09. The zero-order valence-electron chi connectivity index (χ0n) is 24.8. The van der Waals surface area contributed by atoms with Gasteiger partial charge < -0.3 is 9.47 Å². The monoisotopic (exact) mass is 662 g/mol. The van der Waals surface area contributed by atoms with E-state index in [0.717, 1.165) is 32.9 Å². The van der Waals surface area contributed by atoms with Gasteiger partial charge in [0.1, 0.15) is 32.1 Å². The third kappa shape index (κ3) is 4.69. The molecule has 0 spiro atoms. The van der Waals surface area contributed by atoms with Gasteiger partial charge in [0.05, 0.1) is 22.7 Å². The van der Waals surface area contributed by atoms with Crippen molar-refractivity contribution in [2.75, 3.05) is 0 Å². The average molecular weight is 664 g/mol. The molecule has 2 heterocycles. The number of nitrogens with zero attached hydrogens (tertiary/aromatic N) is 6. The number of benzene rings is 7. The van der Waals surface area contributed by atoms with Crippen LogP contribution in [-0.2, 0) is 0 Å². The van der Waals surface area contributed by atoms with Crippen LogP contribution in [0.3, 0.4) is 0 Å². The Morgan fingerprint density at radius 3 is 1.23 bits per heavy atom. The standard InChI is InChI=1S/C38H20Cl2N6O2/c39-31-36-38(48-30-20-28(46-44-22-13-5-2-6-14-22)24-16-8-10-18-26(24)34(30)42-36)32(40)35-37(31)47-29-19-27(45-43-21-11-3-1-4-12-21)23-15-7-9-17-25(23)33(29)41-35/h1-20H. The summed E-state index contributed by atoms with van der Waals surface area (Å²) in [7, 11) is 0. The number of rotatable bonds is 4. The lowest BCUT2D eigenvalue weighted by Gasteiger charge is -2.22. The maximum atomic E-state index is 7.06. The number of halogens is 2. The predicted molar refractivity (Wildman–Crippen MR) is 187 cm³/mol. The Morgan fingerprint density at radius 1 is 0.438 bits per heavy atom. The molecule has 0 N–H and O–H groups in total. The molecule has 2 aliphatic heterocycles. The van der Waals surface area contributed by atoms with Crippen LogP contribution in [0.25, 0.3) is 21.5 Å². The summed E-state index contributed by atoms with van der Waals surface area (Å²) in [6, 6.07) is 38.3. The number of azo groups is 2. The van der Waals surface area contributed by atoms with Crippen LogP contribution in [0.15, 0.2) is 152 Å². The van der Waals surface area contributed by atoms with E-state index in [-0.39, 0.29) is 21.5 Å². The number of ether oxygens (including phenoxy) is 2. The fourth-order valence-electron chi connectivity index (χ4n) is 5.85. The first-order valence-electron chi connectivity index (χ1n) is 15.0. The van der Waals surface area contributed by atoms with Crippen LogP contribution in [-0.4, -0.2) is 0 Å². The van der Waals surface area contributed by atoms with E-state index in [0.29, 0.717) is 45.0 Å². The molecular weight excluding hydrogens is 643 g/mol. The van der Waals surface area contributed by atoms with Gasteiger partial charge in [0.2, 0.25) is 0 Å². The lowest BCUT2D eigenvalue weighted by atomic mass is 10.0. The molecule has 0 radical (unpaired) electrons. The minimum absolute atomic E-state index is 0.224. The highest BCUT2D eigenvalue weighted by atomic mass is 35.5. The Morgan fingerprint density at radius 2 is 0.812 bits per heavy atom. The summed E-state index contributed by atoms with van der Waals surface area (Å²) in [4.78, 5) is 9.97. The van der Waals surface area contributed by atoms with Gasteiger partial charge in [-0.1, -0.05) is 108 Å². The van der Waals surface area contributed by atoms with Crippen molar-refractivity contribution in [3.63, 3.8) is 0 Å². The van der Waals surface area contributed by atoms with Gasteiger partial charge in [-0.05, 0) is 24.3 Å². The van der Waals surface area contributed by atoms with Crippen LogP contribution in [0.4, 0.5) is 34.1 Å². The van der Waals surface area contributed by atoms with E-state index in [1.807, 2.05) is 121 Å². The first-order valence-corrected chi connectivity index (χ1v) is 15.8. The maximum absolute atomic E-state index is 7.06. The van der Waals surface area contributed by atoms with E-state index in [9.17, 15) is 0 Å². The zero-order chi connectivity index (χ0) is 32.2. The van der Waals surface area contributed by atoms with Crippen LogP contribution in [0.1, 0.15) is 0 Å². The van der Waals surface area contributed by atoms with Gasteiger partial charge in [-0.25, -0.2) is 9.98 Å². The highest BCUT2D eigenvalue weighted by Crippen LogP contribution is 2.49. The second-order valence-electron chi connectivity index (χ2n) is 11.1. The van der Waals surface area contributed by atoms with Crippen molar-refractivity contribution >= 4 is 78.9 Å². The highest BCUT2D eigenvalue weighted by Gasteiger charge is 2.29. The minimum Gasteiger partial charge on any atom is -0.451 e. The Bertz CT molecular complexity index is 2460. The molecule has 0 unspecified atom stereocenters. The van der Waals surface area contributed by atoms with Gasteiger partial charge in [-0.15, -0.1) is 10.2 Å². The summed E-state index contributed by atoms with van der Waals surface area (Å²) in [6.45, 7) is 0. The van der Waals surface area contributed by atoms with Crippen LogP contribution in [0, 0.1) is 0 Å². The van der Waals surface area contributed by atoms with Crippen molar-refractivity contribution in [1.29, 1.82) is 0 Å². The third-order valence-corrected chi connectivity index (χ3v) is 8.79. The van der Waals surface area contributed by atoms with Crippen LogP contribution >= 0.6 is 23.2 Å². The Hall–Kier alpha value is -5.96. The topological polar surface area (TPSA) is 92.6 Å². The smallest absolute Gasteiger partial charge is 0.175 e. The molecule has 0 atom stereocenters. The van der Waals surface area contributed by atoms with Crippen molar-refractivity contribution in [3.8, 4) is 23.0 Å². The van der Waals surface area contributed by atoms with E-state index in [1.165, 1.54) is 0 Å². The van der Waals surface area contributed by atoms with Crippen molar-refractivity contribution in [1.82, 2.24) is 0 Å². The maximum Gasteiger partial charge on any atom is 0.175 e. The highest BCUT2D eigenvalue weighted by molar-refractivity contribution is 6.35. The molecule has 10 heteroatoms. The molecule has 7 aromatic carbocycles. The summed E-state index contributed by atoms with van der Waals surface area (Å²) in [5.41, 5.74) is 3.91. The Labute approximate surface area is 283 Å². The zero-order valence-corrected chi connectivity index (χ0v) is 26.3. The summed E-state index contributed by atoms with van der Waals surface area (Å²) >= 11 is 14.1. The fraction of sp³-hybridized carbons (Fsp3) is 0. The van der Waals surface area contributed by atoms with Crippen LogP contribution in [0.2, 0.25) is 10.0 Å². The normalized spacial score (nSPS) is 12.9. The first kappa shape index (κ1) is 28.3. The second kappa shape index (κ2) is 11.4. The molecule has 0 saturated carbocycles. The summed E-state index contributed by atoms with van der Waals surface area (Å²) in [5.74, 6) is 1.50. The van der Waals surface area contributed by atoms with Gasteiger partial charge in [0.25, 0.3) is 0 Å². The van der Waals surface area contributed by atoms with E-state index >= 15 is 0 Å². The lowest BCUT2D eigenvalue weighted by molar-refractivity contribution is 0.452. The van der Waals surface area contributed by atoms with Gasteiger partial charge >= 0.3 is 0 Å². The molecule has 7 aromatic rings. The number of fused-ring (bicyclic) bond motifs is 8. The lowest BCUT2D eigenvalue weighted by Crippen LogP contribution is -2.22. The molecule has 48 heavy (non-hydrogen) atoms. The fourth-order valence-corrected chi connectivity index (χ4v) is 6.36. The van der Waals surface area contributed by atoms with Crippen LogP contribution in [0.5, 0.6) is 23.0 Å². The summed E-state index contributed by atoms with van der Waals surface area (Å²) < 4.78 is 12.9. The van der Waals surface area contributed by atoms with Gasteiger partial charge in [0, 0.05) is 33.7 Å². The van der Waals surface area contributed by atoms with E-state index < -0.39 is 0 Å². The molecule has 228 valence electrons. The second-order valence-corrected chi connectivity index (χ2v) is 11.8. The molecule has 0 aromatic heterocycles. The quantitative estimate of drug-likeness (QED) is 0.175. The van der Waals surface area contributed by atoms with E-state index in [4.69, 9.17) is 42.7 Å². The molecular formula is C38H20Cl2N6O2. The Kier molecular flexibility index (Phi) is 6.70. The molecule has 9 rings (SSSR count). The summed E-state index contributed by atoms with van der Waals surface area (Å²) in [6.07, 6.45) is 0. The first-order chi connectivity index (χ1) is 23.6. The van der Waals surface area contributed by atoms with E-state index in [1.54, 1.807) is 0 Å². The largest absolute Gasteiger partial charge is 0.451 e. The van der Waals surface area contributed by atoms with Gasteiger partial charge in [0.15, 0.2) is 23.0 Å². The minimum atomic E-state index is 0.224. The average Bonchev–Trinajstić information content (AvgIpc) is 3.15. The molecule has 8 nitrogen and oxygen atoms in total. The summed E-state index contributed by atoms with van der Waals surface area (Å²) in [5, 5.41) is 22.5. The molecule has 2 aliphatic rings. The molecule has 0 saturated heterocycles. The SMILES string of the molecule is Clc1c2c(c(Cl)c3c1=Nc1c(cc(N=Nc4ccccc4)c4ccccc14)O3)=Nc1c(cc(N=Nc3ccccc3)c3ccccc13)O2. The van der Waals surface area contributed by atoms with Crippen molar-refractivity contribution in [3.05, 3.63) is 142 Å². The van der Waals surface area contributed by atoms with Gasteiger partial charge in [-0.3, -0.25) is 0 Å². The number of hydrogen-bond acceptors (Lipinski definition) is 8. The molecule has 0 amide bonds. The van der Waals surface area contributed by atoms with Crippen molar-refractivity contribution < 1.29 is 9.47 Å². The van der Waals surface area contributed by atoms with Crippen LogP contribution < -0.4 is 20.2 Å². The van der Waals surface area contributed by atoms with Crippen molar-refractivity contribution in [2.24, 2.45) is 30.4 Å². The predicted octanol–water partition coefficient (Wildman–Crippen LogP) is 12.2. The van der Waals surface area contributed by atoms with Crippen molar-refractivity contribution in [2.45, 2.75) is 0 Å².